The number of nitrogens with zero attached hydrogens (tertiary/aromatic N) is 1. The molecule has 0 saturated heterocycles. The lowest BCUT2D eigenvalue weighted by atomic mass is 9.83. The number of carbonyl (C=O) groups is 2. The van der Waals surface area contributed by atoms with Crippen LogP contribution in [0.3, 0.4) is 0 Å². The van der Waals surface area contributed by atoms with E-state index in [2.05, 4.69) is 39.5 Å². The maximum absolute atomic E-state index is 12.5. The van der Waals surface area contributed by atoms with Gasteiger partial charge in [0.25, 0.3) is 0 Å². The molecule has 6 heteroatoms. The average Bonchev–Trinajstić information content (AvgIpc) is 3.12. The van der Waals surface area contributed by atoms with Crippen LogP contribution in [0.15, 0.2) is 0 Å². The number of hydrogen-bond donors (Lipinski definition) is 1. The lowest BCUT2D eigenvalue weighted by Crippen LogP contribution is -2.29. The summed E-state index contributed by atoms with van der Waals surface area (Å²) >= 11 is 0. The predicted octanol–water partition coefficient (Wildman–Crippen LogP) is 13.2. The molecule has 0 amide bonds. The van der Waals surface area contributed by atoms with Gasteiger partial charge in [-0.05, 0) is 88.6 Å². The molecule has 0 aromatic carbocycles. The predicted molar refractivity (Wildman–Crippen MR) is 223 cm³/mol. The second-order valence-electron chi connectivity index (χ2n) is 16.9. The largest absolute Gasteiger partial charge is 0.466 e. The highest BCUT2D eigenvalue weighted by atomic mass is 16.5. The third kappa shape index (κ3) is 35.9. The van der Waals surface area contributed by atoms with Crippen LogP contribution >= 0.6 is 0 Å². The summed E-state index contributed by atoms with van der Waals surface area (Å²) in [6.07, 6.45) is 35.8. The Bertz CT molecular complexity index is 758. The lowest BCUT2D eigenvalue weighted by Gasteiger charge is -2.27. The molecule has 0 aliphatic carbocycles. The maximum Gasteiger partial charge on any atom is 0.305 e. The Kier molecular flexibility index (Phi) is 37.3. The Balaban J connectivity index is 4.14. The molecule has 0 saturated carbocycles. The molecule has 0 aromatic heterocycles. The third-order valence-corrected chi connectivity index (χ3v) is 11.0. The van der Waals surface area contributed by atoms with E-state index in [1.54, 1.807) is 0 Å². The molecular formula is C46H91NO5. The first kappa shape index (κ1) is 50.9. The quantitative estimate of drug-likeness (QED) is 0.0497. The monoisotopic (exact) mass is 738 g/mol. The standard InChI is InChI=1S/C46H91NO5/c1-6-9-12-15-16-20-25-33-44(49)51-41-29-36-46(4,5)35-28-38-47(39-30-40-48)37-27-22-17-21-26-34-45(50)52-42-43(31-23-18-13-10-7-2)32-24-19-14-11-8-3/h43,48H,6-42H2,1-5H3. The van der Waals surface area contributed by atoms with Gasteiger partial charge in [-0.1, -0.05) is 157 Å². The highest BCUT2D eigenvalue weighted by Crippen LogP contribution is 2.28. The van der Waals surface area contributed by atoms with Crippen molar-refractivity contribution in [1.82, 2.24) is 4.90 Å². The number of aliphatic hydroxyl groups excluding tert-OH is 1. The molecule has 0 aliphatic heterocycles. The molecule has 0 rings (SSSR count). The number of ether oxygens (including phenoxy) is 2. The van der Waals surface area contributed by atoms with Crippen molar-refractivity contribution in [2.45, 2.75) is 234 Å². The molecule has 52 heavy (non-hydrogen) atoms. The van der Waals surface area contributed by atoms with E-state index in [1.165, 1.54) is 122 Å². The van der Waals surface area contributed by atoms with Gasteiger partial charge in [-0.15, -0.1) is 0 Å². The van der Waals surface area contributed by atoms with Crippen LogP contribution in [0.4, 0.5) is 0 Å². The fourth-order valence-electron chi connectivity index (χ4n) is 7.37. The van der Waals surface area contributed by atoms with Crippen LogP contribution in [0.25, 0.3) is 0 Å². The van der Waals surface area contributed by atoms with Gasteiger partial charge < -0.3 is 19.5 Å². The molecule has 0 aromatic rings. The fraction of sp³-hybridized carbons (Fsp3) is 0.957. The van der Waals surface area contributed by atoms with Crippen LogP contribution in [0.2, 0.25) is 0 Å². The molecule has 0 fully saturated rings. The van der Waals surface area contributed by atoms with Crippen molar-refractivity contribution in [2.75, 3.05) is 39.5 Å². The Morgan fingerprint density at radius 1 is 0.519 bits per heavy atom. The highest BCUT2D eigenvalue weighted by molar-refractivity contribution is 5.69. The van der Waals surface area contributed by atoms with Gasteiger partial charge in [0.1, 0.15) is 0 Å². The SMILES string of the molecule is CCCCCCCCCC(=O)OCCCC(C)(C)CCCN(CCCO)CCCCCCCC(=O)OCC(CCCCCCC)CCCCCCC. The second-order valence-corrected chi connectivity index (χ2v) is 16.9. The van der Waals surface area contributed by atoms with Crippen molar-refractivity contribution >= 4 is 11.9 Å². The Morgan fingerprint density at radius 2 is 0.942 bits per heavy atom. The Hall–Kier alpha value is -1.14. The first-order valence-electron chi connectivity index (χ1n) is 22.9. The number of aliphatic hydroxyl groups is 1. The molecule has 0 spiro atoms. The number of unbranched alkanes of at least 4 members (excludes halogenated alkanes) is 18. The molecule has 0 atom stereocenters. The summed E-state index contributed by atoms with van der Waals surface area (Å²) in [5.41, 5.74) is 0.234. The normalized spacial score (nSPS) is 11.9. The number of rotatable bonds is 41. The smallest absolute Gasteiger partial charge is 0.305 e. The Morgan fingerprint density at radius 3 is 1.48 bits per heavy atom. The number of hydrogen-bond acceptors (Lipinski definition) is 6. The molecule has 0 radical (unpaired) electrons. The zero-order chi connectivity index (χ0) is 38.4. The minimum absolute atomic E-state index is 0.000105. The van der Waals surface area contributed by atoms with Crippen molar-refractivity contribution in [3.05, 3.63) is 0 Å². The van der Waals surface area contributed by atoms with E-state index < -0.39 is 0 Å². The summed E-state index contributed by atoms with van der Waals surface area (Å²) in [5.74, 6) is 0.506. The fourth-order valence-corrected chi connectivity index (χ4v) is 7.37. The summed E-state index contributed by atoms with van der Waals surface area (Å²) in [6.45, 7) is 16.0. The van der Waals surface area contributed by atoms with Crippen molar-refractivity contribution in [2.24, 2.45) is 11.3 Å². The van der Waals surface area contributed by atoms with Gasteiger partial charge in [-0.2, -0.15) is 0 Å². The van der Waals surface area contributed by atoms with Gasteiger partial charge in [0, 0.05) is 26.0 Å². The van der Waals surface area contributed by atoms with Gasteiger partial charge in [0.2, 0.25) is 0 Å². The minimum Gasteiger partial charge on any atom is -0.466 e. The second kappa shape index (κ2) is 38.1. The minimum atomic E-state index is -0.0285. The topological polar surface area (TPSA) is 76.1 Å². The highest BCUT2D eigenvalue weighted by Gasteiger charge is 2.18. The van der Waals surface area contributed by atoms with Crippen LogP contribution in [0.1, 0.15) is 234 Å². The van der Waals surface area contributed by atoms with Crippen molar-refractivity contribution in [3.63, 3.8) is 0 Å². The van der Waals surface area contributed by atoms with Crippen LogP contribution in [-0.2, 0) is 19.1 Å². The van der Waals surface area contributed by atoms with Crippen molar-refractivity contribution in [3.8, 4) is 0 Å². The zero-order valence-electron chi connectivity index (χ0n) is 35.8. The van der Waals surface area contributed by atoms with E-state index >= 15 is 0 Å². The summed E-state index contributed by atoms with van der Waals surface area (Å²) in [4.78, 5) is 27.2. The summed E-state index contributed by atoms with van der Waals surface area (Å²) in [7, 11) is 0. The van der Waals surface area contributed by atoms with Crippen LogP contribution in [0.5, 0.6) is 0 Å². The summed E-state index contributed by atoms with van der Waals surface area (Å²) in [6, 6.07) is 0. The first-order chi connectivity index (χ1) is 25.3. The van der Waals surface area contributed by atoms with Gasteiger partial charge in [-0.25, -0.2) is 0 Å². The van der Waals surface area contributed by atoms with E-state index in [9.17, 15) is 14.7 Å². The maximum atomic E-state index is 12.5. The molecule has 0 aliphatic rings. The molecular weight excluding hydrogens is 647 g/mol. The van der Waals surface area contributed by atoms with Crippen LogP contribution in [0, 0.1) is 11.3 Å². The third-order valence-electron chi connectivity index (χ3n) is 11.0. The molecule has 0 heterocycles. The Labute approximate surface area is 324 Å². The van der Waals surface area contributed by atoms with Crippen molar-refractivity contribution in [1.29, 1.82) is 0 Å². The van der Waals surface area contributed by atoms with Crippen LogP contribution < -0.4 is 0 Å². The number of esters is 2. The van der Waals surface area contributed by atoms with E-state index in [0.29, 0.717) is 32.0 Å². The molecule has 0 bridgehead atoms. The van der Waals surface area contributed by atoms with Crippen molar-refractivity contribution < 1.29 is 24.2 Å². The first-order valence-corrected chi connectivity index (χ1v) is 22.9. The molecule has 0 unspecified atom stereocenters. The number of carbonyl (C=O) groups excluding carboxylic acids is 2. The zero-order valence-corrected chi connectivity index (χ0v) is 35.8. The van der Waals surface area contributed by atoms with Gasteiger partial charge >= 0.3 is 11.9 Å². The summed E-state index contributed by atoms with van der Waals surface area (Å²) in [5, 5.41) is 9.44. The van der Waals surface area contributed by atoms with E-state index in [1.807, 2.05) is 0 Å². The van der Waals surface area contributed by atoms with Crippen LogP contribution in [-0.4, -0.2) is 61.4 Å². The van der Waals surface area contributed by atoms with Gasteiger partial charge in [0.05, 0.1) is 13.2 Å². The van der Waals surface area contributed by atoms with Gasteiger partial charge in [-0.3, -0.25) is 9.59 Å². The lowest BCUT2D eigenvalue weighted by molar-refractivity contribution is -0.145. The van der Waals surface area contributed by atoms with E-state index in [0.717, 1.165) is 83.8 Å². The molecule has 6 nitrogen and oxygen atoms in total. The average molecular weight is 738 g/mol. The summed E-state index contributed by atoms with van der Waals surface area (Å²) < 4.78 is 11.3. The van der Waals surface area contributed by atoms with Gasteiger partial charge in [0.15, 0.2) is 0 Å². The van der Waals surface area contributed by atoms with E-state index in [-0.39, 0.29) is 24.0 Å². The van der Waals surface area contributed by atoms with E-state index in [4.69, 9.17) is 9.47 Å². The molecule has 1 N–H and O–H groups in total. The molecule has 310 valence electrons.